The van der Waals surface area contributed by atoms with E-state index in [1.807, 2.05) is 0 Å². The second-order valence-corrected chi connectivity index (χ2v) is 4.19. The van der Waals surface area contributed by atoms with Crippen LogP contribution in [0.4, 0.5) is 5.69 Å². The van der Waals surface area contributed by atoms with Gasteiger partial charge in [-0.05, 0) is 43.2 Å². The maximum atomic E-state index is 3.48. The maximum Gasteiger partial charge on any atom is 0.0553 e. The van der Waals surface area contributed by atoms with Crippen LogP contribution in [-0.4, -0.2) is 4.57 Å². The van der Waals surface area contributed by atoms with Gasteiger partial charge in [-0.1, -0.05) is 19.1 Å². The summed E-state index contributed by atoms with van der Waals surface area (Å²) in [6, 6.07) is 12.9. The highest BCUT2D eigenvalue weighted by Crippen LogP contribution is 2.13. The van der Waals surface area contributed by atoms with Gasteiger partial charge in [-0.2, -0.15) is 0 Å². The Labute approximate surface area is 103 Å². The summed E-state index contributed by atoms with van der Waals surface area (Å²) in [4.78, 5) is 0. The van der Waals surface area contributed by atoms with Crippen LogP contribution >= 0.6 is 0 Å². The maximum absolute atomic E-state index is 3.48. The molecule has 1 aromatic carbocycles. The molecule has 2 aromatic rings. The summed E-state index contributed by atoms with van der Waals surface area (Å²) in [6.45, 7) is 6.26. The Balaban J connectivity index is 2.02. The fourth-order valence-electron chi connectivity index (χ4n) is 2.01. The Bertz CT molecular complexity index is 471. The zero-order valence-corrected chi connectivity index (χ0v) is 10.6. The lowest BCUT2D eigenvalue weighted by Gasteiger charge is -2.10. The molecule has 0 amide bonds. The SMILES string of the molecule is CCc1cccc(NCc2cccn2CC)c1. The van der Waals surface area contributed by atoms with Gasteiger partial charge >= 0.3 is 0 Å². The molecule has 17 heavy (non-hydrogen) atoms. The Morgan fingerprint density at radius 1 is 1.12 bits per heavy atom. The van der Waals surface area contributed by atoms with Crippen LogP contribution in [0.3, 0.4) is 0 Å². The summed E-state index contributed by atoms with van der Waals surface area (Å²) in [6.07, 6.45) is 3.21. The molecule has 0 unspecified atom stereocenters. The smallest absolute Gasteiger partial charge is 0.0553 e. The molecule has 0 spiro atoms. The average Bonchev–Trinajstić information content (AvgIpc) is 2.84. The van der Waals surface area contributed by atoms with Gasteiger partial charge in [0.1, 0.15) is 0 Å². The molecule has 90 valence electrons. The summed E-state index contributed by atoms with van der Waals surface area (Å²) < 4.78 is 2.26. The third-order valence-electron chi connectivity index (χ3n) is 3.07. The van der Waals surface area contributed by atoms with Crippen molar-refractivity contribution >= 4 is 5.69 Å². The lowest BCUT2D eigenvalue weighted by atomic mass is 10.1. The quantitative estimate of drug-likeness (QED) is 0.826. The van der Waals surface area contributed by atoms with Crippen molar-refractivity contribution in [2.24, 2.45) is 0 Å². The highest BCUT2D eigenvalue weighted by atomic mass is 15.0. The van der Waals surface area contributed by atoms with Crippen molar-refractivity contribution in [2.75, 3.05) is 5.32 Å². The van der Waals surface area contributed by atoms with E-state index in [-0.39, 0.29) is 0 Å². The van der Waals surface area contributed by atoms with E-state index in [9.17, 15) is 0 Å². The molecule has 0 bridgehead atoms. The van der Waals surface area contributed by atoms with E-state index in [0.29, 0.717) is 0 Å². The first-order valence-electron chi connectivity index (χ1n) is 6.30. The summed E-state index contributed by atoms with van der Waals surface area (Å²) >= 11 is 0. The van der Waals surface area contributed by atoms with Crippen LogP contribution in [0.5, 0.6) is 0 Å². The van der Waals surface area contributed by atoms with Gasteiger partial charge in [-0.25, -0.2) is 0 Å². The van der Waals surface area contributed by atoms with Gasteiger partial charge in [0.05, 0.1) is 6.54 Å². The zero-order valence-electron chi connectivity index (χ0n) is 10.6. The van der Waals surface area contributed by atoms with Gasteiger partial charge in [0.15, 0.2) is 0 Å². The Kier molecular flexibility index (Phi) is 3.86. The third-order valence-corrected chi connectivity index (χ3v) is 3.07. The number of aromatic nitrogens is 1. The minimum atomic E-state index is 0.883. The standard InChI is InChI=1S/C15H20N2/c1-3-13-7-5-8-14(11-13)16-12-15-9-6-10-17(15)4-2/h5-11,16H,3-4,12H2,1-2H3. The van der Waals surface area contributed by atoms with Crippen LogP contribution in [-0.2, 0) is 19.5 Å². The van der Waals surface area contributed by atoms with Crippen molar-refractivity contribution in [3.63, 3.8) is 0 Å². The highest BCUT2D eigenvalue weighted by Gasteiger charge is 1.99. The van der Waals surface area contributed by atoms with Gasteiger partial charge in [-0.15, -0.1) is 0 Å². The van der Waals surface area contributed by atoms with E-state index in [0.717, 1.165) is 19.5 Å². The van der Waals surface area contributed by atoms with Crippen LogP contribution < -0.4 is 5.32 Å². The van der Waals surface area contributed by atoms with E-state index in [1.165, 1.54) is 16.9 Å². The molecule has 1 N–H and O–H groups in total. The van der Waals surface area contributed by atoms with E-state index >= 15 is 0 Å². The normalized spacial score (nSPS) is 10.5. The van der Waals surface area contributed by atoms with Crippen molar-refractivity contribution in [2.45, 2.75) is 33.4 Å². The molecule has 2 nitrogen and oxygen atoms in total. The van der Waals surface area contributed by atoms with E-state index in [2.05, 4.69) is 66.3 Å². The number of aryl methyl sites for hydroxylation is 2. The fraction of sp³-hybridized carbons (Fsp3) is 0.333. The van der Waals surface area contributed by atoms with Gasteiger partial charge in [-0.3, -0.25) is 0 Å². The summed E-state index contributed by atoms with van der Waals surface area (Å²) in [5.41, 5.74) is 3.91. The van der Waals surface area contributed by atoms with Gasteiger partial charge in [0.25, 0.3) is 0 Å². The molecule has 2 rings (SSSR count). The third kappa shape index (κ3) is 2.90. The number of hydrogen-bond donors (Lipinski definition) is 1. The molecule has 2 heteroatoms. The first-order chi connectivity index (χ1) is 8.33. The number of hydrogen-bond acceptors (Lipinski definition) is 1. The van der Waals surface area contributed by atoms with Crippen LogP contribution in [0, 0.1) is 0 Å². The molecular formula is C15H20N2. The number of nitrogens with one attached hydrogen (secondary N) is 1. The lowest BCUT2D eigenvalue weighted by molar-refractivity contribution is 0.724. The first kappa shape index (κ1) is 11.8. The lowest BCUT2D eigenvalue weighted by Crippen LogP contribution is -2.06. The van der Waals surface area contributed by atoms with E-state index < -0.39 is 0 Å². The van der Waals surface area contributed by atoms with Crippen molar-refractivity contribution in [1.29, 1.82) is 0 Å². The van der Waals surface area contributed by atoms with Gasteiger partial charge in [0, 0.05) is 24.1 Å². The van der Waals surface area contributed by atoms with E-state index in [1.54, 1.807) is 0 Å². The molecule has 0 atom stereocenters. The average molecular weight is 228 g/mol. The van der Waals surface area contributed by atoms with Crippen molar-refractivity contribution in [3.8, 4) is 0 Å². The number of anilines is 1. The molecule has 0 aliphatic heterocycles. The van der Waals surface area contributed by atoms with Crippen LogP contribution in [0.15, 0.2) is 42.6 Å². The molecule has 1 heterocycles. The Hall–Kier alpha value is -1.70. The monoisotopic (exact) mass is 228 g/mol. The van der Waals surface area contributed by atoms with Gasteiger partial charge in [0.2, 0.25) is 0 Å². The van der Waals surface area contributed by atoms with Crippen molar-refractivity contribution < 1.29 is 0 Å². The fourth-order valence-corrected chi connectivity index (χ4v) is 2.01. The second kappa shape index (κ2) is 5.58. The van der Waals surface area contributed by atoms with Crippen molar-refractivity contribution in [1.82, 2.24) is 4.57 Å². The van der Waals surface area contributed by atoms with Crippen LogP contribution in [0.25, 0.3) is 0 Å². The molecule has 0 radical (unpaired) electrons. The predicted octanol–water partition coefficient (Wildman–Crippen LogP) is 3.68. The zero-order chi connectivity index (χ0) is 12.1. The minimum absolute atomic E-state index is 0.883. The molecule has 1 aromatic heterocycles. The molecule has 0 aliphatic carbocycles. The number of nitrogens with zero attached hydrogens (tertiary/aromatic N) is 1. The molecular weight excluding hydrogens is 208 g/mol. The van der Waals surface area contributed by atoms with Crippen LogP contribution in [0.2, 0.25) is 0 Å². The second-order valence-electron chi connectivity index (χ2n) is 4.19. The molecule has 0 saturated carbocycles. The highest BCUT2D eigenvalue weighted by molar-refractivity contribution is 5.46. The van der Waals surface area contributed by atoms with Crippen molar-refractivity contribution in [3.05, 3.63) is 53.9 Å². The molecule has 0 saturated heterocycles. The summed E-state index contributed by atoms with van der Waals surface area (Å²) in [7, 11) is 0. The number of rotatable bonds is 5. The predicted molar refractivity (Wildman–Crippen MR) is 73.3 cm³/mol. The minimum Gasteiger partial charge on any atom is -0.379 e. The Morgan fingerprint density at radius 2 is 2.00 bits per heavy atom. The number of benzene rings is 1. The largest absolute Gasteiger partial charge is 0.379 e. The van der Waals surface area contributed by atoms with Gasteiger partial charge < -0.3 is 9.88 Å². The molecule has 0 aliphatic rings. The van der Waals surface area contributed by atoms with Crippen LogP contribution in [0.1, 0.15) is 25.1 Å². The topological polar surface area (TPSA) is 17.0 Å². The summed E-state index contributed by atoms with van der Waals surface area (Å²) in [5.74, 6) is 0. The Morgan fingerprint density at radius 3 is 2.76 bits per heavy atom. The molecule has 0 fully saturated rings. The van der Waals surface area contributed by atoms with E-state index in [4.69, 9.17) is 0 Å². The first-order valence-corrected chi connectivity index (χ1v) is 6.30. The summed E-state index contributed by atoms with van der Waals surface area (Å²) in [5, 5.41) is 3.48.